The molecule has 2 atom stereocenters. The first-order valence-electron chi connectivity index (χ1n) is 9.09. The minimum atomic E-state index is -0.329. The summed E-state index contributed by atoms with van der Waals surface area (Å²) in [6.45, 7) is 1.91. The van der Waals surface area contributed by atoms with Crippen LogP contribution in [0.5, 0.6) is 5.75 Å². The summed E-state index contributed by atoms with van der Waals surface area (Å²) in [6.07, 6.45) is 6.77. The quantitative estimate of drug-likeness (QED) is 0.807. The van der Waals surface area contributed by atoms with Crippen molar-refractivity contribution in [3.63, 3.8) is 0 Å². The molecule has 2 unspecified atom stereocenters. The number of methoxy groups -OCH3 is 1. The highest BCUT2D eigenvalue weighted by Crippen LogP contribution is 2.32. The van der Waals surface area contributed by atoms with Crippen molar-refractivity contribution in [2.75, 3.05) is 33.9 Å². The molecule has 2 aliphatic rings. The first-order valence-corrected chi connectivity index (χ1v) is 9.09. The zero-order valence-electron chi connectivity index (χ0n) is 15.8. The van der Waals surface area contributed by atoms with Gasteiger partial charge in [0.2, 0.25) is 0 Å². The van der Waals surface area contributed by atoms with Crippen LogP contribution in [-0.2, 0) is 4.74 Å². The largest absolute Gasteiger partial charge is 0.496 e. The molecular formula is C20H22FN5O2. The number of rotatable bonds is 4. The molecule has 2 aromatic rings. The lowest BCUT2D eigenvalue weighted by atomic mass is 10.1. The smallest absolute Gasteiger partial charge is 0.178 e. The summed E-state index contributed by atoms with van der Waals surface area (Å²) < 4.78 is 24.9. The Balaban J connectivity index is 1.57. The fourth-order valence-corrected chi connectivity index (χ4v) is 3.47. The Morgan fingerprint density at radius 2 is 2.18 bits per heavy atom. The van der Waals surface area contributed by atoms with Crippen LogP contribution in [0.25, 0.3) is 0 Å². The molecule has 1 aromatic carbocycles. The van der Waals surface area contributed by atoms with Crippen LogP contribution in [0.1, 0.15) is 17.4 Å². The van der Waals surface area contributed by atoms with E-state index in [0.29, 0.717) is 18.9 Å². The van der Waals surface area contributed by atoms with Crippen molar-refractivity contribution >= 4 is 5.71 Å². The van der Waals surface area contributed by atoms with Gasteiger partial charge in [-0.2, -0.15) is 0 Å². The van der Waals surface area contributed by atoms with Crippen LogP contribution in [0.2, 0.25) is 0 Å². The fraction of sp³-hybridized carbons (Fsp3) is 0.350. The molecule has 0 N–H and O–H groups in total. The van der Waals surface area contributed by atoms with Crippen LogP contribution in [0.15, 0.2) is 54.1 Å². The maximum absolute atomic E-state index is 13.6. The molecule has 146 valence electrons. The van der Waals surface area contributed by atoms with Crippen molar-refractivity contribution in [2.45, 2.75) is 12.4 Å². The van der Waals surface area contributed by atoms with Gasteiger partial charge in [-0.3, -0.25) is 4.90 Å². The Morgan fingerprint density at radius 3 is 2.96 bits per heavy atom. The molecule has 0 aliphatic carbocycles. The number of benzene rings is 1. The summed E-state index contributed by atoms with van der Waals surface area (Å²) >= 11 is 0. The number of hydrogen-bond acceptors (Lipinski definition) is 7. The zero-order chi connectivity index (χ0) is 19.5. The normalized spacial score (nSPS) is 22.8. The van der Waals surface area contributed by atoms with E-state index in [2.05, 4.69) is 19.8 Å². The Bertz CT molecular complexity index is 889. The van der Waals surface area contributed by atoms with E-state index >= 15 is 0 Å². The third-order valence-corrected chi connectivity index (χ3v) is 4.90. The number of allylic oxidation sites excluding steroid dienone is 1. The van der Waals surface area contributed by atoms with Gasteiger partial charge in [-0.25, -0.2) is 19.4 Å². The molecule has 1 fully saturated rings. The van der Waals surface area contributed by atoms with Crippen molar-refractivity contribution in [3.05, 3.63) is 66.1 Å². The van der Waals surface area contributed by atoms with Crippen LogP contribution in [0.4, 0.5) is 4.39 Å². The monoisotopic (exact) mass is 383 g/mol. The van der Waals surface area contributed by atoms with E-state index in [9.17, 15) is 4.39 Å². The molecule has 4 rings (SSSR count). The van der Waals surface area contributed by atoms with E-state index in [0.717, 1.165) is 23.5 Å². The Kier molecular flexibility index (Phi) is 5.31. The van der Waals surface area contributed by atoms with Crippen LogP contribution in [0, 0.1) is 5.82 Å². The van der Waals surface area contributed by atoms with Crippen molar-refractivity contribution in [2.24, 2.45) is 4.99 Å². The highest BCUT2D eigenvalue weighted by Gasteiger charge is 2.31. The highest BCUT2D eigenvalue weighted by atomic mass is 19.1. The summed E-state index contributed by atoms with van der Waals surface area (Å²) in [5, 5.41) is 0. The summed E-state index contributed by atoms with van der Waals surface area (Å²) in [4.78, 5) is 17.4. The third-order valence-electron chi connectivity index (χ3n) is 4.90. The third kappa shape index (κ3) is 3.74. The number of halogens is 1. The second kappa shape index (κ2) is 8.04. The molecule has 3 heterocycles. The molecule has 0 amide bonds. The number of aliphatic imine (C=N–C) groups is 1. The van der Waals surface area contributed by atoms with Gasteiger partial charge in [0.05, 0.1) is 31.2 Å². The van der Waals surface area contributed by atoms with Crippen LogP contribution in [-0.4, -0.2) is 65.6 Å². The van der Waals surface area contributed by atoms with Gasteiger partial charge in [0.25, 0.3) is 0 Å². The number of morpholine rings is 1. The number of ether oxygens (including phenoxy) is 2. The van der Waals surface area contributed by atoms with Gasteiger partial charge in [0.1, 0.15) is 17.9 Å². The van der Waals surface area contributed by atoms with E-state index in [1.165, 1.54) is 25.6 Å². The maximum atomic E-state index is 13.6. The van der Waals surface area contributed by atoms with Crippen molar-refractivity contribution < 1.29 is 13.9 Å². The van der Waals surface area contributed by atoms with Gasteiger partial charge in [0.15, 0.2) is 6.29 Å². The summed E-state index contributed by atoms with van der Waals surface area (Å²) in [7, 11) is 3.53. The molecule has 0 spiro atoms. The Morgan fingerprint density at radius 1 is 1.29 bits per heavy atom. The van der Waals surface area contributed by atoms with Crippen molar-refractivity contribution in [1.29, 1.82) is 0 Å². The minimum absolute atomic E-state index is 0.173. The van der Waals surface area contributed by atoms with Crippen molar-refractivity contribution in [1.82, 2.24) is 19.8 Å². The van der Waals surface area contributed by atoms with Gasteiger partial charge >= 0.3 is 0 Å². The molecule has 8 heteroatoms. The molecule has 1 saturated heterocycles. The lowest BCUT2D eigenvalue weighted by molar-refractivity contribution is -0.0640. The first-order chi connectivity index (χ1) is 13.7. The lowest BCUT2D eigenvalue weighted by Crippen LogP contribution is -2.50. The number of hydrogen-bond donors (Lipinski definition) is 0. The number of nitrogens with zero attached hydrogens (tertiary/aromatic N) is 5. The van der Waals surface area contributed by atoms with Gasteiger partial charge in [-0.15, -0.1) is 0 Å². The molecule has 7 nitrogen and oxygen atoms in total. The van der Waals surface area contributed by atoms with E-state index in [1.807, 2.05) is 25.4 Å². The second-order valence-corrected chi connectivity index (χ2v) is 6.68. The van der Waals surface area contributed by atoms with Crippen LogP contribution in [0.3, 0.4) is 0 Å². The summed E-state index contributed by atoms with van der Waals surface area (Å²) in [5.41, 5.74) is 2.44. The summed E-state index contributed by atoms with van der Waals surface area (Å²) in [6, 6.07) is 6.39. The topological polar surface area (TPSA) is 63.1 Å². The zero-order valence-corrected chi connectivity index (χ0v) is 15.8. The lowest BCUT2D eigenvalue weighted by Gasteiger charge is -2.41. The molecule has 0 saturated carbocycles. The first kappa shape index (κ1) is 18.5. The van der Waals surface area contributed by atoms with E-state index in [1.54, 1.807) is 12.3 Å². The molecular weight excluding hydrogens is 361 g/mol. The second-order valence-electron chi connectivity index (χ2n) is 6.68. The maximum Gasteiger partial charge on any atom is 0.178 e. The van der Waals surface area contributed by atoms with Gasteiger partial charge in [-0.1, -0.05) is 0 Å². The molecule has 28 heavy (non-hydrogen) atoms. The molecule has 0 radical (unpaired) electrons. The molecule has 2 aliphatic heterocycles. The van der Waals surface area contributed by atoms with E-state index in [-0.39, 0.29) is 18.2 Å². The van der Waals surface area contributed by atoms with E-state index in [4.69, 9.17) is 14.5 Å². The average molecular weight is 383 g/mol. The Hall–Kier alpha value is -2.84. The van der Waals surface area contributed by atoms with Crippen LogP contribution >= 0.6 is 0 Å². The Labute approximate surface area is 163 Å². The summed E-state index contributed by atoms with van der Waals surface area (Å²) in [5.74, 6) is 0.165. The van der Waals surface area contributed by atoms with Crippen molar-refractivity contribution in [3.8, 4) is 5.75 Å². The molecule has 1 aromatic heterocycles. The van der Waals surface area contributed by atoms with E-state index < -0.39 is 0 Å². The molecule has 0 bridgehead atoms. The SMILES string of the molecule is COc1cc(F)ccc1C1CN(C2N=C(c3ccncn3)C=CN2C)CCO1. The minimum Gasteiger partial charge on any atom is -0.496 e. The average Bonchev–Trinajstić information content (AvgIpc) is 2.74. The van der Waals surface area contributed by atoms with Crippen LogP contribution < -0.4 is 4.74 Å². The number of aromatic nitrogens is 2. The predicted octanol–water partition coefficient (Wildman–Crippen LogP) is 2.23. The fourth-order valence-electron chi connectivity index (χ4n) is 3.47. The predicted molar refractivity (Wildman–Crippen MR) is 102 cm³/mol. The van der Waals surface area contributed by atoms with Gasteiger partial charge in [0, 0.05) is 44.2 Å². The highest BCUT2D eigenvalue weighted by molar-refractivity contribution is 6.07. The standard InChI is InChI=1S/C20H22FN5O2/c1-25-8-6-17(16-5-7-22-13-23-16)24-20(25)26-9-10-28-19(12-26)15-4-3-14(21)11-18(15)27-2/h3-8,11,13,19-20H,9-10,12H2,1-2H3. The van der Waals surface area contributed by atoms with Gasteiger partial charge in [-0.05, 0) is 24.3 Å². The van der Waals surface area contributed by atoms with Gasteiger partial charge < -0.3 is 14.4 Å².